The summed E-state index contributed by atoms with van der Waals surface area (Å²) in [5, 5.41) is 20.0. The topological polar surface area (TPSA) is 159 Å². The number of nitrogens with one attached hydrogen (secondary N) is 1. The van der Waals surface area contributed by atoms with Gasteiger partial charge in [0.05, 0.1) is 18.0 Å². The van der Waals surface area contributed by atoms with Crippen LogP contribution in [0.5, 0.6) is 11.5 Å². The smallest absolute Gasteiger partial charge is 0.293 e. The Hall–Kier alpha value is -4.94. The zero-order chi connectivity index (χ0) is 25.4. The second-order valence-electron chi connectivity index (χ2n) is 8.63. The summed E-state index contributed by atoms with van der Waals surface area (Å²) in [4.78, 5) is 15.4. The maximum absolute atomic E-state index is 13.3. The van der Waals surface area contributed by atoms with Crippen molar-refractivity contribution in [2.45, 2.75) is 26.3 Å². The van der Waals surface area contributed by atoms with Gasteiger partial charge < -0.3 is 20.1 Å². The number of aryl methyl sites for hydroxylation is 1. The van der Waals surface area contributed by atoms with Gasteiger partial charge in [-0.05, 0) is 59.9 Å². The third-order valence-corrected chi connectivity index (χ3v) is 6.34. The second-order valence-corrected chi connectivity index (χ2v) is 8.63. The zero-order valence-corrected chi connectivity index (χ0v) is 19.9. The number of nitrogens with two attached hydrogens (primary N) is 1. The van der Waals surface area contributed by atoms with Gasteiger partial charge in [-0.15, -0.1) is 5.10 Å². The van der Waals surface area contributed by atoms with Crippen LogP contribution in [0.1, 0.15) is 40.7 Å². The molecule has 4 aromatic rings. The molecular formula is C24H23N9O4. The number of hydrazone groups is 1. The number of rotatable bonds is 6. The molecule has 0 saturated heterocycles. The lowest BCUT2D eigenvalue weighted by molar-refractivity contribution is 0.0948. The fourth-order valence-electron chi connectivity index (χ4n) is 4.46. The first kappa shape index (κ1) is 22.5. The van der Waals surface area contributed by atoms with Crippen LogP contribution in [0.4, 0.5) is 11.5 Å². The molecule has 1 amide bonds. The summed E-state index contributed by atoms with van der Waals surface area (Å²) in [6.07, 6.45) is 1.97. The van der Waals surface area contributed by atoms with Crippen LogP contribution >= 0.6 is 0 Å². The number of carbonyl (C=O) groups is 1. The van der Waals surface area contributed by atoms with Crippen LogP contribution in [0, 0.1) is 0 Å². The predicted molar refractivity (Wildman–Crippen MR) is 132 cm³/mol. The molecule has 37 heavy (non-hydrogen) atoms. The molecule has 0 spiro atoms. The van der Waals surface area contributed by atoms with Crippen LogP contribution in [0.15, 0.2) is 52.2 Å². The first-order valence-corrected chi connectivity index (χ1v) is 11.7. The van der Waals surface area contributed by atoms with Gasteiger partial charge in [0.15, 0.2) is 17.2 Å². The monoisotopic (exact) mass is 501 g/mol. The highest BCUT2D eigenvalue weighted by Crippen LogP contribution is 2.33. The molecule has 4 heterocycles. The molecule has 188 valence electrons. The van der Waals surface area contributed by atoms with Gasteiger partial charge in [0.25, 0.3) is 5.91 Å². The molecule has 0 aliphatic carbocycles. The van der Waals surface area contributed by atoms with Gasteiger partial charge >= 0.3 is 0 Å². The van der Waals surface area contributed by atoms with Crippen LogP contribution in [0.3, 0.4) is 0 Å². The highest BCUT2D eigenvalue weighted by molar-refractivity contribution is 6.01. The minimum atomic E-state index is -0.526. The summed E-state index contributed by atoms with van der Waals surface area (Å²) < 4.78 is 16.9. The fraction of sp³-hybridized carbons (Fsp3) is 0.250. The molecule has 2 aliphatic rings. The predicted octanol–water partition coefficient (Wildman–Crippen LogP) is 2.07. The Morgan fingerprint density at radius 3 is 2.89 bits per heavy atom. The van der Waals surface area contributed by atoms with E-state index in [9.17, 15) is 4.79 Å². The molecule has 0 atom stereocenters. The lowest BCUT2D eigenvalue weighted by Gasteiger charge is -2.31. The fourth-order valence-corrected chi connectivity index (χ4v) is 4.46. The van der Waals surface area contributed by atoms with E-state index in [1.807, 2.05) is 24.3 Å². The highest BCUT2D eigenvalue weighted by Gasteiger charge is 2.27. The Labute approximate surface area is 210 Å². The highest BCUT2D eigenvalue weighted by atomic mass is 16.7. The number of nitrogen functional groups attached to an aromatic ring is 1. The van der Waals surface area contributed by atoms with Crippen LogP contribution in [-0.2, 0) is 13.0 Å². The number of amides is 1. The molecule has 13 heteroatoms. The number of hydrogen-bond donors (Lipinski definition) is 2. The van der Waals surface area contributed by atoms with Crippen LogP contribution in [-0.4, -0.2) is 50.3 Å². The van der Waals surface area contributed by atoms with E-state index >= 15 is 0 Å². The Morgan fingerprint density at radius 2 is 2.03 bits per heavy atom. The van der Waals surface area contributed by atoms with Gasteiger partial charge in [0, 0.05) is 17.8 Å². The van der Waals surface area contributed by atoms with E-state index < -0.39 is 5.91 Å². The van der Waals surface area contributed by atoms with E-state index in [-0.39, 0.29) is 24.1 Å². The number of hydrogen-bond acceptors (Lipinski definition) is 11. The normalized spacial score (nSPS) is 14.5. The largest absolute Gasteiger partial charge is 0.454 e. The third kappa shape index (κ3) is 4.20. The molecule has 0 bridgehead atoms. The number of nitrogens with zero attached hydrogens (tertiary/aromatic N) is 7. The van der Waals surface area contributed by atoms with Gasteiger partial charge in [-0.3, -0.25) is 4.79 Å². The van der Waals surface area contributed by atoms with Gasteiger partial charge in [0.1, 0.15) is 0 Å². The molecule has 2 aromatic heterocycles. The lowest BCUT2D eigenvalue weighted by atomic mass is 10.0. The maximum atomic E-state index is 13.3. The first-order valence-electron chi connectivity index (χ1n) is 11.7. The van der Waals surface area contributed by atoms with E-state index in [1.54, 1.807) is 13.0 Å². The van der Waals surface area contributed by atoms with Crippen molar-refractivity contribution in [2.75, 3.05) is 24.0 Å². The Bertz CT molecular complexity index is 1510. The summed E-state index contributed by atoms with van der Waals surface area (Å²) in [5.74, 6) is 0.967. The summed E-state index contributed by atoms with van der Waals surface area (Å²) in [6, 6.07) is 13.6. The summed E-state index contributed by atoms with van der Waals surface area (Å²) in [7, 11) is 0. The van der Waals surface area contributed by atoms with Crippen molar-refractivity contribution in [2.24, 2.45) is 5.10 Å². The summed E-state index contributed by atoms with van der Waals surface area (Å²) in [6.45, 7) is 3.10. The zero-order valence-electron chi connectivity index (χ0n) is 19.9. The average Bonchev–Trinajstić information content (AvgIpc) is 3.66. The van der Waals surface area contributed by atoms with E-state index in [1.165, 1.54) is 10.2 Å². The third-order valence-electron chi connectivity index (χ3n) is 6.34. The van der Waals surface area contributed by atoms with Crippen LogP contribution in [0.2, 0.25) is 0 Å². The number of aromatic nitrogens is 5. The van der Waals surface area contributed by atoms with E-state index in [2.05, 4.69) is 48.2 Å². The van der Waals surface area contributed by atoms with Crippen molar-refractivity contribution in [1.29, 1.82) is 0 Å². The van der Waals surface area contributed by atoms with Crippen molar-refractivity contribution in [3.8, 4) is 17.3 Å². The standard InChI is InChI=1S/C24H23N9O4/c1-14(16-8-9-19-20(11-16)36-13-35-19)26-28-24(34)21-18(33(31-27-21)23-22(25)29-37-30-23)12-32-10-4-6-15-5-2-3-7-17(15)32/h2-3,5,7-9,11H,4,6,10,12-13H2,1H3,(H2,25,29)(H,28,34). The Morgan fingerprint density at radius 1 is 1.16 bits per heavy atom. The number of anilines is 2. The molecule has 0 saturated carbocycles. The minimum Gasteiger partial charge on any atom is -0.454 e. The molecule has 0 unspecified atom stereocenters. The Kier molecular flexibility index (Phi) is 5.63. The van der Waals surface area contributed by atoms with Crippen LogP contribution < -0.4 is 25.5 Å². The molecule has 0 radical (unpaired) electrons. The van der Waals surface area contributed by atoms with Gasteiger partial charge in [0.2, 0.25) is 18.4 Å². The molecule has 6 rings (SSSR count). The van der Waals surface area contributed by atoms with Crippen molar-refractivity contribution in [3.63, 3.8) is 0 Å². The summed E-state index contributed by atoms with van der Waals surface area (Å²) in [5.41, 5.74) is 12.8. The molecule has 3 N–H and O–H groups in total. The summed E-state index contributed by atoms with van der Waals surface area (Å²) >= 11 is 0. The molecular weight excluding hydrogens is 478 g/mol. The lowest BCUT2D eigenvalue weighted by Crippen LogP contribution is -2.31. The van der Waals surface area contributed by atoms with Crippen molar-refractivity contribution < 1.29 is 18.9 Å². The number of ether oxygens (including phenoxy) is 2. The molecule has 2 aliphatic heterocycles. The van der Waals surface area contributed by atoms with E-state index in [0.717, 1.165) is 30.6 Å². The van der Waals surface area contributed by atoms with Crippen molar-refractivity contribution in [3.05, 3.63) is 65.0 Å². The quantitative estimate of drug-likeness (QED) is 0.296. The number of carbonyl (C=O) groups excluding carboxylic acids is 1. The van der Waals surface area contributed by atoms with Gasteiger partial charge in [-0.1, -0.05) is 23.4 Å². The van der Waals surface area contributed by atoms with Crippen molar-refractivity contribution >= 4 is 23.1 Å². The van der Waals surface area contributed by atoms with Crippen molar-refractivity contribution in [1.82, 2.24) is 30.7 Å². The van der Waals surface area contributed by atoms with E-state index in [0.29, 0.717) is 29.4 Å². The van der Waals surface area contributed by atoms with E-state index in [4.69, 9.17) is 19.8 Å². The van der Waals surface area contributed by atoms with Gasteiger partial charge in [-0.2, -0.15) is 9.78 Å². The maximum Gasteiger partial charge on any atom is 0.293 e. The molecule has 2 aromatic carbocycles. The number of benzene rings is 2. The minimum absolute atomic E-state index is 0.0359. The number of para-hydroxylation sites is 1. The first-order chi connectivity index (χ1) is 18.1. The molecule has 0 fully saturated rings. The molecule has 13 nitrogen and oxygen atoms in total. The SMILES string of the molecule is CC(=NNC(=O)c1nnn(-c2nonc2N)c1CN1CCCc2ccccc21)c1ccc2c(c1)OCO2. The second kappa shape index (κ2) is 9.26. The van der Waals surface area contributed by atoms with Crippen LogP contribution in [0.25, 0.3) is 5.82 Å². The Balaban J connectivity index is 1.30. The van der Waals surface area contributed by atoms with Gasteiger partial charge in [-0.25, -0.2) is 10.1 Å². The number of fused-ring (bicyclic) bond motifs is 2. The average molecular weight is 502 g/mol.